The molecule has 2 aromatic rings. The molecular formula is C15H22N6O. The minimum Gasteiger partial charge on any atom is -0.378 e. The molecule has 118 valence electrons. The number of hydrogen-bond acceptors (Lipinski definition) is 6. The number of aromatic nitrogens is 4. The van der Waals surface area contributed by atoms with Gasteiger partial charge in [0.25, 0.3) is 0 Å². The van der Waals surface area contributed by atoms with Crippen molar-refractivity contribution >= 4 is 5.95 Å². The summed E-state index contributed by atoms with van der Waals surface area (Å²) in [6.45, 7) is 6.92. The molecule has 7 nitrogen and oxygen atoms in total. The van der Waals surface area contributed by atoms with E-state index in [9.17, 15) is 0 Å². The zero-order valence-electron chi connectivity index (χ0n) is 13.1. The standard InChI is InChI=1S/C15H22N6O/c1-12-14(9-18-19-12)11-20(2)10-13-7-16-15(17-8-13)21-3-5-22-6-4-21/h7-9H,3-6,10-11H2,1-2H3,(H,18,19). The summed E-state index contributed by atoms with van der Waals surface area (Å²) in [7, 11) is 2.09. The highest BCUT2D eigenvalue weighted by Crippen LogP contribution is 2.12. The van der Waals surface area contributed by atoms with Gasteiger partial charge in [-0.2, -0.15) is 5.10 Å². The van der Waals surface area contributed by atoms with Gasteiger partial charge in [-0.25, -0.2) is 9.97 Å². The molecule has 1 aliphatic heterocycles. The Morgan fingerprint density at radius 2 is 1.91 bits per heavy atom. The van der Waals surface area contributed by atoms with Gasteiger partial charge in [0.2, 0.25) is 5.95 Å². The minimum atomic E-state index is 0.748. The van der Waals surface area contributed by atoms with Gasteiger partial charge in [-0.05, 0) is 14.0 Å². The molecule has 0 spiro atoms. The van der Waals surface area contributed by atoms with Crippen molar-refractivity contribution in [2.75, 3.05) is 38.3 Å². The number of morpholine rings is 1. The van der Waals surface area contributed by atoms with Crippen LogP contribution in [0.3, 0.4) is 0 Å². The molecule has 1 fully saturated rings. The number of nitrogens with zero attached hydrogens (tertiary/aromatic N) is 5. The van der Waals surface area contributed by atoms with Crippen LogP contribution in [-0.2, 0) is 17.8 Å². The molecule has 0 aromatic carbocycles. The first kappa shape index (κ1) is 14.9. The van der Waals surface area contributed by atoms with Crippen molar-refractivity contribution in [2.45, 2.75) is 20.0 Å². The Morgan fingerprint density at radius 1 is 1.18 bits per heavy atom. The van der Waals surface area contributed by atoms with E-state index in [2.05, 4.69) is 37.0 Å². The number of H-pyrrole nitrogens is 1. The molecule has 0 radical (unpaired) electrons. The lowest BCUT2D eigenvalue weighted by molar-refractivity contribution is 0.122. The molecule has 1 aliphatic rings. The Labute approximate surface area is 130 Å². The molecule has 1 saturated heterocycles. The normalized spacial score (nSPS) is 15.5. The smallest absolute Gasteiger partial charge is 0.225 e. The number of aryl methyl sites for hydroxylation is 1. The first-order valence-corrected chi connectivity index (χ1v) is 7.53. The van der Waals surface area contributed by atoms with Gasteiger partial charge >= 0.3 is 0 Å². The summed E-state index contributed by atoms with van der Waals surface area (Å²) in [5.41, 5.74) is 3.44. The molecule has 22 heavy (non-hydrogen) atoms. The van der Waals surface area contributed by atoms with E-state index in [1.165, 1.54) is 5.56 Å². The van der Waals surface area contributed by atoms with Gasteiger partial charge in [-0.15, -0.1) is 0 Å². The van der Waals surface area contributed by atoms with E-state index in [1.54, 1.807) is 0 Å². The van der Waals surface area contributed by atoms with Crippen LogP contribution in [0.4, 0.5) is 5.95 Å². The van der Waals surface area contributed by atoms with Gasteiger partial charge in [0.05, 0.1) is 19.4 Å². The van der Waals surface area contributed by atoms with Crippen molar-refractivity contribution in [1.82, 2.24) is 25.1 Å². The van der Waals surface area contributed by atoms with Crippen LogP contribution in [0.2, 0.25) is 0 Å². The van der Waals surface area contributed by atoms with Crippen molar-refractivity contribution in [3.05, 3.63) is 35.4 Å². The van der Waals surface area contributed by atoms with E-state index in [-0.39, 0.29) is 0 Å². The fourth-order valence-electron chi connectivity index (χ4n) is 2.55. The van der Waals surface area contributed by atoms with Crippen LogP contribution in [0.25, 0.3) is 0 Å². The number of anilines is 1. The molecule has 3 heterocycles. The topological polar surface area (TPSA) is 70.2 Å². The summed E-state index contributed by atoms with van der Waals surface area (Å²) in [6.07, 6.45) is 5.71. The van der Waals surface area contributed by atoms with Crippen LogP contribution >= 0.6 is 0 Å². The second kappa shape index (κ2) is 6.85. The van der Waals surface area contributed by atoms with Crippen LogP contribution < -0.4 is 4.90 Å². The Bertz CT molecular complexity index is 590. The second-order valence-electron chi connectivity index (χ2n) is 5.68. The maximum Gasteiger partial charge on any atom is 0.225 e. The third kappa shape index (κ3) is 3.61. The maximum absolute atomic E-state index is 5.35. The summed E-state index contributed by atoms with van der Waals surface area (Å²) in [6, 6.07) is 0. The second-order valence-corrected chi connectivity index (χ2v) is 5.68. The average Bonchev–Trinajstić information content (AvgIpc) is 2.94. The van der Waals surface area contributed by atoms with E-state index in [1.807, 2.05) is 25.5 Å². The third-order valence-electron chi connectivity index (χ3n) is 3.81. The van der Waals surface area contributed by atoms with Crippen LogP contribution in [0.1, 0.15) is 16.8 Å². The molecule has 0 bridgehead atoms. The number of ether oxygens (including phenoxy) is 1. The summed E-state index contributed by atoms with van der Waals surface area (Å²) in [5.74, 6) is 0.792. The molecule has 7 heteroatoms. The van der Waals surface area contributed by atoms with Gasteiger partial charge in [-0.3, -0.25) is 10.00 Å². The zero-order chi connectivity index (χ0) is 15.4. The predicted molar refractivity (Wildman–Crippen MR) is 83.6 cm³/mol. The lowest BCUT2D eigenvalue weighted by Gasteiger charge is -2.26. The fourth-order valence-corrected chi connectivity index (χ4v) is 2.55. The fraction of sp³-hybridized carbons (Fsp3) is 0.533. The molecule has 3 rings (SSSR count). The third-order valence-corrected chi connectivity index (χ3v) is 3.81. The monoisotopic (exact) mass is 302 g/mol. The molecule has 0 unspecified atom stereocenters. The molecule has 0 aliphatic carbocycles. The quantitative estimate of drug-likeness (QED) is 0.888. The van der Waals surface area contributed by atoms with Gasteiger partial charge in [-0.1, -0.05) is 0 Å². The van der Waals surface area contributed by atoms with E-state index < -0.39 is 0 Å². The summed E-state index contributed by atoms with van der Waals surface area (Å²) in [5, 5.41) is 7.02. The Kier molecular flexibility index (Phi) is 4.65. The van der Waals surface area contributed by atoms with Crippen LogP contribution in [0.5, 0.6) is 0 Å². The largest absolute Gasteiger partial charge is 0.378 e. The lowest BCUT2D eigenvalue weighted by Crippen LogP contribution is -2.37. The van der Waals surface area contributed by atoms with E-state index in [0.717, 1.165) is 56.6 Å². The lowest BCUT2D eigenvalue weighted by atomic mass is 10.2. The number of nitrogens with one attached hydrogen (secondary N) is 1. The highest BCUT2D eigenvalue weighted by Gasteiger charge is 2.13. The van der Waals surface area contributed by atoms with Crippen molar-refractivity contribution in [3.63, 3.8) is 0 Å². The Morgan fingerprint density at radius 3 is 2.55 bits per heavy atom. The predicted octanol–water partition coefficient (Wildman–Crippen LogP) is 0.977. The first-order valence-electron chi connectivity index (χ1n) is 7.53. The molecular weight excluding hydrogens is 280 g/mol. The molecule has 0 atom stereocenters. The van der Waals surface area contributed by atoms with E-state index >= 15 is 0 Å². The number of aromatic amines is 1. The van der Waals surface area contributed by atoms with Gasteiger partial charge in [0.1, 0.15) is 0 Å². The highest BCUT2D eigenvalue weighted by atomic mass is 16.5. The van der Waals surface area contributed by atoms with Gasteiger partial charge < -0.3 is 9.64 Å². The Hall–Kier alpha value is -1.99. The number of hydrogen-bond donors (Lipinski definition) is 1. The Balaban J connectivity index is 1.57. The van der Waals surface area contributed by atoms with Gasteiger partial charge in [0.15, 0.2) is 0 Å². The molecule has 2 aromatic heterocycles. The summed E-state index contributed by atoms with van der Waals surface area (Å²) in [4.78, 5) is 13.4. The highest BCUT2D eigenvalue weighted by molar-refractivity contribution is 5.30. The summed E-state index contributed by atoms with van der Waals surface area (Å²) < 4.78 is 5.35. The van der Waals surface area contributed by atoms with Crippen LogP contribution in [0.15, 0.2) is 18.6 Å². The maximum atomic E-state index is 5.35. The van der Waals surface area contributed by atoms with Crippen molar-refractivity contribution in [1.29, 1.82) is 0 Å². The molecule has 0 saturated carbocycles. The molecule has 1 N–H and O–H groups in total. The van der Waals surface area contributed by atoms with Crippen LogP contribution in [0, 0.1) is 6.92 Å². The van der Waals surface area contributed by atoms with E-state index in [0.29, 0.717) is 0 Å². The van der Waals surface area contributed by atoms with Crippen molar-refractivity contribution in [3.8, 4) is 0 Å². The zero-order valence-corrected chi connectivity index (χ0v) is 13.1. The first-order chi connectivity index (χ1) is 10.7. The molecule has 0 amide bonds. The summed E-state index contributed by atoms with van der Waals surface area (Å²) >= 11 is 0. The average molecular weight is 302 g/mol. The van der Waals surface area contributed by atoms with E-state index in [4.69, 9.17) is 4.74 Å². The van der Waals surface area contributed by atoms with Crippen molar-refractivity contribution in [2.24, 2.45) is 0 Å². The SMILES string of the molecule is Cc1[nH]ncc1CN(C)Cc1cnc(N2CCOCC2)nc1. The van der Waals surface area contributed by atoms with Crippen molar-refractivity contribution < 1.29 is 4.74 Å². The van der Waals surface area contributed by atoms with Gasteiger partial charge in [0, 0.05) is 55.4 Å². The number of rotatable bonds is 5. The minimum absolute atomic E-state index is 0.748. The van der Waals surface area contributed by atoms with Crippen LogP contribution in [-0.4, -0.2) is 58.4 Å².